The number of ether oxygens (including phenoxy) is 1. The fourth-order valence-corrected chi connectivity index (χ4v) is 1.45. The Kier molecular flexibility index (Phi) is 3.19. The lowest BCUT2D eigenvalue weighted by Gasteiger charge is -2.10. The molecule has 1 aromatic rings. The molecule has 1 aliphatic rings. The van der Waals surface area contributed by atoms with E-state index >= 15 is 0 Å². The van der Waals surface area contributed by atoms with Crippen molar-refractivity contribution >= 4 is 5.91 Å². The molecular formula is C11H13NO3. The number of amides is 1. The number of carbonyl (C=O) groups is 1. The summed E-state index contributed by atoms with van der Waals surface area (Å²) in [5, 5.41) is 0. The van der Waals surface area contributed by atoms with E-state index in [9.17, 15) is 4.79 Å². The molecule has 1 N–H and O–H groups in total. The second-order valence-electron chi connectivity index (χ2n) is 3.38. The van der Waals surface area contributed by atoms with E-state index in [0.717, 1.165) is 12.8 Å². The van der Waals surface area contributed by atoms with Gasteiger partial charge in [0.25, 0.3) is 5.91 Å². The van der Waals surface area contributed by atoms with Crippen LogP contribution in [-0.4, -0.2) is 18.6 Å². The van der Waals surface area contributed by atoms with Crippen LogP contribution in [-0.2, 0) is 9.53 Å². The predicted molar refractivity (Wildman–Crippen MR) is 54.2 cm³/mol. The summed E-state index contributed by atoms with van der Waals surface area (Å²) in [4.78, 5) is 16.6. The molecule has 2 rings (SSSR count). The second kappa shape index (κ2) is 4.79. The first-order valence-electron chi connectivity index (χ1n) is 4.99. The summed E-state index contributed by atoms with van der Waals surface area (Å²) in [5.41, 5.74) is 2.38. The number of benzene rings is 1. The molecule has 0 aliphatic carbocycles. The first-order valence-corrected chi connectivity index (χ1v) is 4.99. The Labute approximate surface area is 88.1 Å². The number of nitrogens with one attached hydrogen (secondary N) is 1. The molecule has 1 aliphatic heterocycles. The summed E-state index contributed by atoms with van der Waals surface area (Å²) in [5.74, 6) is 0.403. The molecule has 1 amide bonds. The third-order valence-corrected chi connectivity index (χ3v) is 2.23. The van der Waals surface area contributed by atoms with E-state index in [-0.39, 0.29) is 12.0 Å². The molecule has 1 aromatic carbocycles. The van der Waals surface area contributed by atoms with E-state index in [4.69, 9.17) is 9.57 Å². The van der Waals surface area contributed by atoms with Crippen molar-refractivity contribution in [2.45, 2.75) is 18.9 Å². The first-order chi connectivity index (χ1) is 7.36. The molecule has 80 valence electrons. The van der Waals surface area contributed by atoms with E-state index in [1.54, 1.807) is 12.1 Å². The summed E-state index contributed by atoms with van der Waals surface area (Å²) in [6.45, 7) is 0.656. The van der Waals surface area contributed by atoms with Gasteiger partial charge < -0.3 is 9.57 Å². The first kappa shape index (κ1) is 9.98. The molecule has 1 atom stereocenters. The van der Waals surface area contributed by atoms with Gasteiger partial charge in [-0.05, 0) is 25.0 Å². The van der Waals surface area contributed by atoms with Crippen LogP contribution < -0.4 is 10.3 Å². The van der Waals surface area contributed by atoms with Gasteiger partial charge in [-0.15, -0.1) is 0 Å². The van der Waals surface area contributed by atoms with Crippen LogP contribution in [0.15, 0.2) is 30.3 Å². The van der Waals surface area contributed by atoms with Gasteiger partial charge in [-0.2, -0.15) is 5.48 Å². The number of para-hydroxylation sites is 1. The largest absolute Gasteiger partial charge is 0.379 e. The summed E-state index contributed by atoms with van der Waals surface area (Å²) >= 11 is 0. The summed E-state index contributed by atoms with van der Waals surface area (Å²) in [6.07, 6.45) is 1.35. The van der Waals surface area contributed by atoms with Crippen LogP contribution in [0.25, 0.3) is 0 Å². The lowest BCUT2D eigenvalue weighted by molar-refractivity contribution is -0.137. The maximum absolute atomic E-state index is 11.5. The quantitative estimate of drug-likeness (QED) is 0.759. The van der Waals surface area contributed by atoms with Crippen molar-refractivity contribution in [3.63, 3.8) is 0 Å². The van der Waals surface area contributed by atoms with Gasteiger partial charge in [-0.1, -0.05) is 18.2 Å². The molecule has 1 fully saturated rings. The van der Waals surface area contributed by atoms with E-state index in [1.165, 1.54) is 0 Å². The van der Waals surface area contributed by atoms with Crippen molar-refractivity contribution in [1.82, 2.24) is 5.48 Å². The van der Waals surface area contributed by atoms with Crippen LogP contribution in [0.3, 0.4) is 0 Å². The average molecular weight is 207 g/mol. The van der Waals surface area contributed by atoms with E-state index in [1.807, 2.05) is 18.2 Å². The van der Waals surface area contributed by atoms with Crippen molar-refractivity contribution < 1.29 is 14.4 Å². The van der Waals surface area contributed by atoms with Crippen LogP contribution in [0.4, 0.5) is 0 Å². The van der Waals surface area contributed by atoms with Crippen LogP contribution in [0.2, 0.25) is 0 Å². The Morgan fingerprint density at radius 1 is 1.40 bits per heavy atom. The monoisotopic (exact) mass is 207 g/mol. The molecule has 15 heavy (non-hydrogen) atoms. The third kappa shape index (κ3) is 2.70. The molecule has 0 bridgehead atoms. The van der Waals surface area contributed by atoms with Crippen molar-refractivity contribution in [3.05, 3.63) is 30.3 Å². The molecule has 4 heteroatoms. The van der Waals surface area contributed by atoms with Crippen molar-refractivity contribution in [2.24, 2.45) is 0 Å². The summed E-state index contributed by atoms with van der Waals surface area (Å²) in [6, 6.07) is 9.11. The number of hydrogen-bond acceptors (Lipinski definition) is 3. The Morgan fingerprint density at radius 3 is 2.87 bits per heavy atom. The maximum Gasteiger partial charge on any atom is 0.281 e. The number of carbonyl (C=O) groups excluding carboxylic acids is 1. The highest BCUT2D eigenvalue weighted by Gasteiger charge is 2.23. The lowest BCUT2D eigenvalue weighted by atomic mass is 10.2. The molecule has 4 nitrogen and oxygen atoms in total. The lowest BCUT2D eigenvalue weighted by Crippen LogP contribution is -2.36. The van der Waals surface area contributed by atoms with Gasteiger partial charge in [0, 0.05) is 6.61 Å². The van der Waals surface area contributed by atoms with Crippen molar-refractivity contribution in [3.8, 4) is 5.75 Å². The minimum atomic E-state index is -0.353. The summed E-state index contributed by atoms with van der Waals surface area (Å²) in [7, 11) is 0. The highest BCUT2D eigenvalue weighted by Crippen LogP contribution is 2.12. The average Bonchev–Trinajstić information content (AvgIpc) is 2.81. The molecule has 0 radical (unpaired) electrons. The zero-order valence-corrected chi connectivity index (χ0v) is 8.31. The van der Waals surface area contributed by atoms with Crippen LogP contribution in [0.1, 0.15) is 12.8 Å². The van der Waals surface area contributed by atoms with E-state index < -0.39 is 0 Å². The fourth-order valence-electron chi connectivity index (χ4n) is 1.45. The van der Waals surface area contributed by atoms with Crippen molar-refractivity contribution in [2.75, 3.05) is 6.61 Å². The van der Waals surface area contributed by atoms with Crippen LogP contribution in [0, 0.1) is 0 Å². The van der Waals surface area contributed by atoms with Gasteiger partial charge in [0.05, 0.1) is 0 Å². The van der Waals surface area contributed by atoms with E-state index in [0.29, 0.717) is 12.4 Å². The van der Waals surface area contributed by atoms with E-state index in [2.05, 4.69) is 5.48 Å². The molecule has 1 heterocycles. The fraction of sp³-hybridized carbons (Fsp3) is 0.364. The number of hydroxylamine groups is 1. The zero-order chi connectivity index (χ0) is 10.5. The number of rotatable bonds is 3. The topological polar surface area (TPSA) is 47.6 Å². The maximum atomic E-state index is 11.5. The highest BCUT2D eigenvalue weighted by atomic mass is 16.7. The Morgan fingerprint density at radius 2 is 2.20 bits per heavy atom. The molecule has 1 saturated heterocycles. The smallest absolute Gasteiger partial charge is 0.281 e. The Balaban J connectivity index is 1.80. The third-order valence-electron chi connectivity index (χ3n) is 2.23. The Bertz CT molecular complexity index is 320. The molecule has 0 saturated carbocycles. The van der Waals surface area contributed by atoms with Gasteiger partial charge >= 0.3 is 0 Å². The number of hydrogen-bond donors (Lipinski definition) is 1. The molecule has 0 aromatic heterocycles. The van der Waals surface area contributed by atoms with Gasteiger partial charge in [0.1, 0.15) is 6.10 Å². The predicted octanol–water partition coefficient (Wildman–Crippen LogP) is 1.28. The SMILES string of the molecule is O=C(NOc1ccccc1)[C@@H]1CCCO1. The van der Waals surface area contributed by atoms with Crippen LogP contribution >= 0.6 is 0 Å². The van der Waals surface area contributed by atoms with Crippen LogP contribution in [0.5, 0.6) is 5.75 Å². The minimum absolute atomic E-state index is 0.212. The highest BCUT2D eigenvalue weighted by molar-refractivity contribution is 5.80. The van der Waals surface area contributed by atoms with Gasteiger partial charge in [-0.25, -0.2) is 0 Å². The molecular weight excluding hydrogens is 194 g/mol. The van der Waals surface area contributed by atoms with Gasteiger partial charge in [0.2, 0.25) is 0 Å². The van der Waals surface area contributed by atoms with Gasteiger partial charge in [-0.3, -0.25) is 4.79 Å². The zero-order valence-electron chi connectivity index (χ0n) is 8.31. The minimum Gasteiger partial charge on any atom is -0.379 e. The normalized spacial score (nSPS) is 19.9. The standard InChI is InChI=1S/C11H13NO3/c13-11(10-7-4-8-14-10)12-15-9-5-2-1-3-6-9/h1-3,5-6,10H,4,7-8H2,(H,12,13)/t10-/m0/s1. The van der Waals surface area contributed by atoms with Gasteiger partial charge in [0.15, 0.2) is 5.75 Å². The molecule has 0 spiro atoms. The van der Waals surface area contributed by atoms with Crippen molar-refractivity contribution in [1.29, 1.82) is 0 Å². The second-order valence-corrected chi connectivity index (χ2v) is 3.38. The molecule has 0 unspecified atom stereocenters. The summed E-state index contributed by atoms with van der Waals surface area (Å²) < 4.78 is 5.21. The Hall–Kier alpha value is -1.55.